The van der Waals surface area contributed by atoms with Crippen LogP contribution in [-0.4, -0.2) is 27.2 Å². The maximum absolute atomic E-state index is 11.7. The van der Waals surface area contributed by atoms with Gasteiger partial charge >= 0.3 is 5.97 Å². The van der Waals surface area contributed by atoms with E-state index in [4.69, 9.17) is 4.74 Å². The fourth-order valence-electron chi connectivity index (χ4n) is 1.54. The fourth-order valence-corrected chi connectivity index (χ4v) is 2.61. The van der Waals surface area contributed by atoms with Gasteiger partial charge < -0.3 is 9.84 Å². The molecule has 1 N–H and O–H groups in total. The van der Waals surface area contributed by atoms with Crippen molar-refractivity contribution in [3.05, 3.63) is 0 Å². The molecule has 0 aromatic rings. The number of ether oxygens (including phenoxy) is 1. The number of hydrogen-bond donors (Lipinski definition) is 1. The van der Waals surface area contributed by atoms with Crippen LogP contribution in [0.3, 0.4) is 0 Å². The molecule has 15 heavy (non-hydrogen) atoms. The Morgan fingerprint density at radius 2 is 2.00 bits per heavy atom. The number of aliphatic hydroxyl groups excluding tert-OH is 1. The third-order valence-electron chi connectivity index (χ3n) is 2.57. The summed E-state index contributed by atoms with van der Waals surface area (Å²) in [6.45, 7) is 5.48. The van der Waals surface area contributed by atoms with Crippen LogP contribution in [0.5, 0.6) is 0 Å². The van der Waals surface area contributed by atoms with Gasteiger partial charge in [-0.15, -0.1) is 0 Å². The number of hydrogen-bond acceptors (Lipinski definition) is 3. The van der Waals surface area contributed by atoms with Crippen molar-refractivity contribution in [2.24, 2.45) is 5.41 Å². The highest BCUT2D eigenvalue weighted by molar-refractivity contribution is 14.1. The molecule has 0 aromatic carbocycles. The molecule has 0 radical (unpaired) electrons. The van der Waals surface area contributed by atoms with Crippen LogP contribution in [0.25, 0.3) is 0 Å². The predicted molar refractivity (Wildman–Crippen MR) is 67.0 cm³/mol. The molecule has 0 aromatic heterocycles. The lowest BCUT2D eigenvalue weighted by Crippen LogP contribution is -2.43. The monoisotopic (exact) mass is 326 g/mol. The van der Waals surface area contributed by atoms with Gasteiger partial charge in [-0.2, -0.15) is 0 Å². The van der Waals surface area contributed by atoms with Crippen LogP contribution in [0, 0.1) is 5.41 Å². The van der Waals surface area contributed by atoms with Crippen molar-refractivity contribution >= 4 is 28.6 Å². The van der Waals surface area contributed by atoms with Gasteiger partial charge in [0.1, 0.15) is 6.10 Å². The van der Waals surface area contributed by atoms with Crippen molar-refractivity contribution in [1.29, 1.82) is 0 Å². The van der Waals surface area contributed by atoms with Crippen LogP contribution in [-0.2, 0) is 9.53 Å². The lowest BCUT2D eigenvalue weighted by molar-refractivity contribution is -0.165. The van der Waals surface area contributed by atoms with E-state index in [9.17, 15) is 9.90 Å². The molecule has 1 aliphatic rings. The van der Waals surface area contributed by atoms with E-state index >= 15 is 0 Å². The lowest BCUT2D eigenvalue weighted by atomic mass is 9.93. The SMILES string of the molecule is CC(C)(C)C(=O)O[C@@H]1[C@H](O)CCC[C@H]1I. The molecule has 0 heterocycles. The second-order valence-corrected chi connectivity index (χ2v) is 6.73. The Balaban J connectivity index is 2.59. The second kappa shape index (κ2) is 4.99. The normalized spacial score (nSPS) is 32.5. The Bertz CT molecular complexity index is 224. The molecule has 0 spiro atoms. The topological polar surface area (TPSA) is 46.5 Å². The summed E-state index contributed by atoms with van der Waals surface area (Å²) in [6, 6.07) is 0. The largest absolute Gasteiger partial charge is 0.458 e. The summed E-state index contributed by atoms with van der Waals surface area (Å²) in [5.74, 6) is -0.227. The summed E-state index contributed by atoms with van der Waals surface area (Å²) < 4.78 is 5.62. The van der Waals surface area contributed by atoms with Gasteiger partial charge in [-0.25, -0.2) is 0 Å². The summed E-state index contributed by atoms with van der Waals surface area (Å²) in [6.07, 6.45) is 1.94. The van der Waals surface area contributed by atoms with Gasteiger partial charge in [0.15, 0.2) is 0 Å². The average molecular weight is 326 g/mol. The van der Waals surface area contributed by atoms with E-state index in [1.807, 2.05) is 20.8 Å². The molecule has 3 atom stereocenters. The third kappa shape index (κ3) is 3.59. The molecular formula is C11H19IO3. The molecule has 1 saturated carbocycles. The van der Waals surface area contributed by atoms with E-state index in [0.29, 0.717) is 0 Å². The minimum Gasteiger partial charge on any atom is -0.458 e. The molecular weight excluding hydrogens is 307 g/mol. The maximum atomic E-state index is 11.7. The van der Waals surface area contributed by atoms with Crippen molar-refractivity contribution < 1.29 is 14.6 Å². The fraction of sp³-hybridized carbons (Fsp3) is 0.909. The van der Waals surface area contributed by atoms with Crippen LogP contribution in [0.4, 0.5) is 0 Å². The number of carbonyl (C=O) groups excluding carboxylic acids is 1. The zero-order valence-corrected chi connectivity index (χ0v) is 11.7. The molecule has 3 nitrogen and oxygen atoms in total. The number of carbonyl (C=O) groups is 1. The van der Waals surface area contributed by atoms with E-state index < -0.39 is 11.5 Å². The summed E-state index contributed by atoms with van der Waals surface area (Å²) in [7, 11) is 0. The predicted octanol–water partition coefficient (Wildman–Crippen LogP) is 2.29. The molecule has 0 amide bonds. The minimum atomic E-state index is -0.494. The summed E-state index contributed by atoms with van der Waals surface area (Å²) >= 11 is 2.26. The quantitative estimate of drug-likeness (QED) is 0.457. The van der Waals surface area contributed by atoms with Crippen molar-refractivity contribution in [3.63, 3.8) is 0 Å². The van der Waals surface area contributed by atoms with Gasteiger partial charge in [0, 0.05) is 0 Å². The first-order valence-corrected chi connectivity index (χ1v) is 6.60. The summed E-state index contributed by atoms with van der Waals surface area (Å²) in [4.78, 5) is 11.7. The van der Waals surface area contributed by atoms with Gasteiger partial charge in [0.05, 0.1) is 15.4 Å². The zero-order chi connectivity index (χ0) is 11.6. The minimum absolute atomic E-state index is 0.227. The number of halogens is 1. The molecule has 1 rings (SSSR count). The first-order valence-electron chi connectivity index (χ1n) is 5.35. The standard InChI is InChI=1S/C11H19IO3/c1-11(2,3)10(14)15-9-7(12)5-4-6-8(9)13/h7-9,13H,4-6H2,1-3H3/t7-,8-,9+/m1/s1. The second-order valence-electron chi connectivity index (χ2n) is 5.13. The van der Waals surface area contributed by atoms with Gasteiger partial charge in [-0.05, 0) is 40.0 Å². The zero-order valence-electron chi connectivity index (χ0n) is 9.50. The van der Waals surface area contributed by atoms with Crippen molar-refractivity contribution in [1.82, 2.24) is 0 Å². The summed E-state index contributed by atoms with van der Waals surface area (Å²) in [5.41, 5.74) is -0.493. The number of esters is 1. The highest BCUT2D eigenvalue weighted by Gasteiger charge is 2.36. The van der Waals surface area contributed by atoms with Crippen LogP contribution in [0.15, 0.2) is 0 Å². The first kappa shape index (κ1) is 13.2. The van der Waals surface area contributed by atoms with Gasteiger partial charge in [0.25, 0.3) is 0 Å². The molecule has 1 fully saturated rings. The molecule has 0 saturated heterocycles. The van der Waals surface area contributed by atoms with Crippen molar-refractivity contribution in [2.75, 3.05) is 0 Å². The van der Waals surface area contributed by atoms with Crippen LogP contribution < -0.4 is 0 Å². The molecule has 1 aliphatic carbocycles. The lowest BCUT2D eigenvalue weighted by Gasteiger charge is -2.33. The van der Waals surface area contributed by atoms with Crippen LogP contribution in [0.1, 0.15) is 40.0 Å². The number of rotatable bonds is 1. The Labute approximate surface area is 105 Å². The highest BCUT2D eigenvalue weighted by Crippen LogP contribution is 2.29. The third-order valence-corrected chi connectivity index (χ3v) is 3.90. The van der Waals surface area contributed by atoms with E-state index in [-0.39, 0.29) is 16.0 Å². The van der Waals surface area contributed by atoms with E-state index in [0.717, 1.165) is 19.3 Å². The maximum Gasteiger partial charge on any atom is 0.311 e. The molecule has 0 aliphatic heterocycles. The first-order chi connectivity index (χ1) is 6.82. The summed E-state index contributed by atoms with van der Waals surface area (Å²) in [5, 5.41) is 9.77. The molecule has 4 heteroatoms. The van der Waals surface area contributed by atoms with Gasteiger partial charge in [-0.3, -0.25) is 4.79 Å². The number of aliphatic hydroxyl groups is 1. The molecule has 0 unspecified atom stereocenters. The van der Waals surface area contributed by atoms with E-state index in [1.54, 1.807) is 0 Å². The molecule has 0 bridgehead atoms. The number of alkyl halides is 1. The van der Waals surface area contributed by atoms with Crippen LogP contribution >= 0.6 is 22.6 Å². The van der Waals surface area contributed by atoms with Crippen molar-refractivity contribution in [2.45, 2.75) is 56.2 Å². The smallest absolute Gasteiger partial charge is 0.311 e. The van der Waals surface area contributed by atoms with Gasteiger partial charge in [-0.1, -0.05) is 22.6 Å². The van der Waals surface area contributed by atoms with E-state index in [2.05, 4.69) is 22.6 Å². The average Bonchev–Trinajstić information content (AvgIpc) is 2.09. The Morgan fingerprint density at radius 3 is 2.47 bits per heavy atom. The Kier molecular flexibility index (Phi) is 4.40. The van der Waals surface area contributed by atoms with Crippen LogP contribution in [0.2, 0.25) is 0 Å². The molecule has 88 valence electrons. The highest BCUT2D eigenvalue weighted by atomic mass is 127. The Morgan fingerprint density at radius 1 is 1.40 bits per heavy atom. The van der Waals surface area contributed by atoms with Crippen molar-refractivity contribution in [3.8, 4) is 0 Å². The van der Waals surface area contributed by atoms with Gasteiger partial charge in [0.2, 0.25) is 0 Å². The van der Waals surface area contributed by atoms with E-state index in [1.165, 1.54) is 0 Å². The Hall–Kier alpha value is 0.160.